The lowest BCUT2D eigenvalue weighted by Gasteiger charge is -2.32. The number of halogens is 2. The number of amides is 1. The molecule has 1 aliphatic rings. The highest BCUT2D eigenvalue weighted by Crippen LogP contribution is 2.36. The molecule has 3 rings (SSSR count). The van der Waals surface area contributed by atoms with Gasteiger partial charge in [-0.15, -0.1) is 11.3 Å². The number of fused-ring (bicyclic) bond motifs is 1. The van der Waals surface area contributed by atoms with E-state index in [9.17, 15) is 4.79 Å². The summed E-state index contributed by atoms with van der Waals surface area (Å²) in [5.41, 5.74) is 0. The van der Waals surface area contributed by atoms with Gasteiger partial charge in [0.25, 0.3) is 5.91 Å². The normalized spacial score (nSPS) is 16.8. The molecule has 1 aromatic carbocycles. The number of hydrogen-bond acceptors (Lipinski definition) is 4. The summed E-state index contributed by atoms with van der Waals surface area (Å²) in [7, 11) is 2.13. The molecule has 1 aromatic heterocycles. The number of thiophene rings is 1. The Morgan fingerprint density at radius 1 is 1.26 bits per heavy atom. The molecular formula is C16H19Cl2N3OS. The number of carbonyl (C=O) groups excluding carboxylic acids is 1. The molecule has 1 saturated heterocycles. The van der Waals surface area contributed by atoms with Gasteiger partial charge in [0.15, 0.2) is 0 Å². The largest absolute Gasteiger partial charge is 0.350 e. The number of piperazine rings is 1. The summed E-state index contributed by atoms with van der Waals surface area (Å²) in [6.07, 6.45) is 0. The number of nitrogens with zero attached hydrogens (tertiary/aromatic N) is 2. The average molecular weight is 372 g/mol. The molecule has 23 heavy (non-hydrogen) atoms. The smallest absolute Gasteiger partial charge is 0.262 e. The maximum atomic E-state index is 12.4. The Labute approximate surface area is 150 Å². The van der Waals surface area contributed by atoms with E-state index in [1.54, 1.807) is 6.07 Å². The number of hydrogen-bond donors (Lipinski definition) is 1. The predicted molar refractivity (Wildman–Crippen MR) is 98.1 cm³/mol. The molecule has 0 unspecified atom stereocenters. The molecular weight excluding hydrogens is 353 g/mol. The Kier molecular flexibility index (Phi) is 5.44. The second-order valence-corrected chi connectivity index (χ2v) is 7.65. The predicted octanol–water partition coefficient (Wildman–Crippen LogP) is 3.19. The van der Waals surface area contributed by atoms with E-state index in [0.717, 1.165) is 42.8 Å². The van der Waals surface area contributed by atoms with Crippen LogP contribution in [0.25, 0.3) is 10.1 Å². The summed E-state index contributed by atoms with van der Waals surface area (Å²) in [5.74, 6) is -0.110. The first kappa shape index (κ1) is 17.0. The summed E-state index contributed by atoms with van der Waals surface area (Å²) in [6, 6.07) is 5.49. The van der Waals surface area contributed by atoms with Gasteiger partial charge >= 0.3 is 0 Å². The summed E-state index contributed by atoms with van der Waals surface area (Å²) >= 11 is 13.7. The second kappa shape index (κ2) is 7.36. The summed E-state index contributed by atoms with van der Waals surface area (Å²) in [4.78, 5) is 17.6. The maximum Gasteiger partial charge on any atom is 0.262 e. The van der Waals surface area contributed by atoms with Crippen molar-refractivity contribution < 1.29 is 4.79 Å². The monoisotopic (exact) mass is 371 g/mol. The van der Waals surface area contributed by atoms with Crippen molar-refractivity contribution >= 4 is 50.5 Å². The van der Waals surface area contributed by atoms with E-state index in [2.05, 4.69) is 22.2 Å². The molecule has 0 atom stereocenters. The molecule has 1 amide bonds. The molecule has 0 aliphatic carbocycles. The molecule has 2 heterocycles. The van der Waals surface area contributed by atoms with E-state index in [-0.39, 0.29) is 5.91 Å². The van der Waals surface area contributed by atoms with E-state index in [4.69, 9.17) is 23.2 Å². The highest BCUT2D eigenvalue weighted by Gasteiger charge is 2.18. The zero-order chi connectivity index (χ0) is 16.4. The molecule has 0 bridgehead atoms. The first-order valence-corrected chi connectivity index (χ1v) is 9.18. The van der Waals surface area contributed by atoms with Gasteiger partial charge in [-0.25, -0.2) is 0 Å². The highest BCUT2D eigenvalue weighted by atomic mass is 35.5. The lowest BCUT2D eigenvalue weighted by Crippen LogP contribution is -2.46. The zero-order valence-electron chi connectivity index (χ0n) is 12.9. The molecule has 7 heteroatoms. The van der Waals surface area contributed by atoms with Crippen LogP contribution in [0.5, 0.6) is 0 Å². The Morgan fingerprint density at radius 2 is 2.00 bits per heavy atom. The van der Waals surface area contributed by atoms with E-state index < -0.39 is 0 Å². The van der Waals surface area contributed by atoms with Crippen LogP contribution in [0, 0.1) is 0 Å². The van der Waals surface area contributed by atoms with Gasteiger partial charge in [0.2, 0.25) is 0 Å². The number of benzene rings is 1. The first-order valence-electron chi connectivity index (χ1n) is 7.61. The topological polar surface area (TPSA) is 35.6 Å². The van der Waals surface area contributed by atoms with Gasteiger partial charge < -0.3 is 10.2 Å². The van der Waals surface area contributed by atoms with Gasteiger partial charge in [-0.2, -0.15) is 0 Å². The minimum absolute atomic E-state index is 0.110. The van der Waals surface area contributed by atoms with Crippen LogP contribution in [0.4, 0.5) is 0 Å². The lowest BCUT2D eigenvalue weighted by atomic mass is 10.2. The molecule has 0 saturated carbocycles. The van der Waals surface area contributed by atoms with E-state index >= 15 is 0 Å². The fourth-order valence-corrected chi connectivity index (χ4v) is 4.37. The standard InChI is InChI=1S/C16H19Cl2N3OS/c1-20-6-8-21(9-7-20)5-4-19-16(22)15-14(18)12-3-2-11(17)10-13(12)23-15/h2-3,10H,4-9H2,1H3,(H,19,22). The molecule has 1 aliphatic heterocycles. The van der Waals surface area contributed by atoms with Crippen LogP contribution in [0.15, 0.2) is 18.2 Å². The Hall–Kier alpha value is -0.850. The second-order valence-electron chi connectivity index (χ2n) is 5.79. The van der Waals surface area contributed by atoms with Gasteiger partial charge in [0, 0.05) is 54.4 Å². The van der Waals surface area contributed by atoms with Crippen LogP contribution in [0.3, 0.4) is 0 Å². The van der Waals surface area contributed by atoms with E-state index in [1.165, 1.54) is 11.3 Å². The molecule has 1 N–H and O–H groups in total. The third-order valence-corrected chi connectivity index (χ3v) is 6.00. The van der Waals surface area contributed by atoms with Crippen LogP contribution >= 0.6 is 34.5 Å². The minimum Gasteiger partial charge on any atom is -0.350 e. The number of nitrogens with one attached hydrogen (secondary N) is 1. The molecule has 124 valence electrons. The number of rotatable bonds is 4. The van der Waals surface area contributed by atoms with Gasteiger partial charge in [-0.1, -0.05) is 29.3 Å². The highest BCUT2D eigenvalue weighted by molar-refractivity contribution is 7.21. The SMILES string of the molecule is CN1CCN(CCNC(=O)c2sc3cc(Cl)ccc3c2Cl)CC1. The molecule has 2 aromatic rings. The van der Waals surface area contributed by atoms with Crippen LogP contribution in [-0.2, 0) is 0 Å². The van der Waals surface area contributed by atoms with Crippen molar-refractivity contribution in [3.05, 3.63) is 33.1 Å². The number of likely N-dealkylation sites (N-methyl/N-ethyl adjacent to an activating group) is 1. The van der Waals surface area contributed by atoms with Gasteiger partial charge in [-0.05, 0) is 19.2 Å². The van der Waals surface area contributed by atoms with Crippen LogP contribution in [-0.4, -0.2) is 62.0 Å². The molecule has 0 radical (unpaired) electrons. The van der Waals surface area contributed by atoms with Crippen molar-refractivity contribution in [1.82, 2.24) is 15.1 Å². The van der Waals surface area contributed by atoms with E-state index in [1.807, 2.05) is 12.1 Å². The first-order chi connectivity index (χ1) is 11.0. The minimum atomic E-state index is -0.110. The number of carbonyl (C=O) groups is 1. The summed E-state index contributed by atoms with van der Waals surface area (Å²) in [6.45, 7) is 5.76. The van der Waals surface area contributed by atoms with Crippen molar-refractivity contribution in [3.63, 3.8) is 0 Å². The summed E-state index contributed by atoms with van der Waals surface area (Å²) in [5, 5.41) is 5.02. The average Bonchev–Trinajstić information content (AvgIpc) is 2.85. The van der Waals surface area contributed by atoms with Gasteiger partial charge in [0.1, 0.15) is 4.88 Å². The fourth-order valence-electron chi connectivity index (χ4n) is 2.66. The molecule has 4 nitrogen and oxygen atoms in total. The summed E-state index contributed by atoms with van der Waals surface area (Å²) < 4.78 is 0.937. The van der Waals surface area contributed by atoms with Crippen molar-refractivity contribution in [2.75, 3.05) is 46.3 Å². The van der Waals surface area contributed by atoms with Crippen molar-refractivity contribution in [2.24, 2.45) is 0 Å². The van der Waals surface area contributed by atoms with Crippen LogP contribution < -0.4 is 5.32 Å². The molecule has 1 fully saturated rings. The molecule has 0 spiro atoms. The quantitative estimate of drug-likeness (QED) is 0.896. The van der Waals surface area contributed by atoms with Crippen molar-refractivity contribution in [2.45, 2.75) is 0 Å². The van der Waals surface area contributed by atoms with E-state index in [0.29, 0.717) is 21.5 Å². The van der Waals surface area contributed by atoms with Gasteiger partial charge in [-0.3, -0.25) is 9.69 Å². The van der Waals surface area contributed by atoms with Crippen LogP contribution in [0.2, 0.25) is 10.0 Å². The van der Waals surface area contributed by atoms with Crippen molar-refractivity contribution in [1.29, 1.82) is 0 Å². The third-order valence-electron chi connectivity index (χ3n) is 4.11. The van der Waals surface area contributed by atoms with Crippen LogP contribution in [0.1, 0.15) is 9.67 Å². The fraction of sp³-hybridized carbons (Fsp3) is 0.438. The third kappa shape index (κ3) is 3.98. The maximum absolute atomic E-state index is 12.4. The Balaban J connectivity index is 1.59. The van der Waals surface area contributed by atoms with Crippen molar-refractivity contribution in [3.8, 4) is 0 Å². The Bertz CT molecular complexity index is 711. The lowest BCUT2D eigenvalue weighted by molar-refractivity contribution is 0.0945. The Morgan fingerprint density at radius 3 is 2.74 bits per heavy atom. The zero-order valence-corrected chi connectivity index (χ0v) is 15.3. The van der Waals surface area contributed by atoms with Gasteiger partial charge in [0.05, 0.1) is 5.02 Å².